The van der Waals surface area contributed by atoms with Crippen LogP contribution in [0.5, 0.6) is 0 Å². The zero-order chi connectivity index (χ0) is 12.7. The lowest BCUT2D eigenvalue weighted by Crippen LogP contribution is -1.96. The van der Waals surface area contributed by atoms with Crippen molar-refractivity contribution in [2.24, 2.45) is 11.8 Å². The molecule has 0 N–H and O–H groups in total. The summed E-state index contributed by atoms with van der Waals surface area (Å²) in [5.74, 6) is 1.62. The Morgan fingerprint density at radius 1 is 1.59 bits per heavy atom. The minimum Gasteiger partial charge on any atom is -0.466 e. The lowest BCUT2D eigenvalue weighted by Gasteiger charge is -2.11. The molecule has 0 saturated heterocycles. The second-order valence-electron chi connectivity index (χ2n) is 4.84. The number of allylic oxidation sites excluding steroid dienone is 2. The van der Waals surface area contributed by atoms with Crippen LogP contribution >= 0.6 is 0 Å². The minimum absolute atomic E-state index is 0.394. The minimum atomic E-state index is -0.394. The number of hydrogen-bond donors (Lipinski definition) is 0. The number of hydrogen-bond acceptors (Lipinski definition) is 2. The van der Waals surface area contributed by atoms with Gasteiger partial charge in [0.2, 0.25) is 0 Å². The molecule has 2 heteroatoms. The molecule has 1 fully saturated rings. The van der Waals surface area contributed by atoms with Crippen LogP contribution in [0.3, 0.4) is 0 Å². The highest BCUT2D eigenvalue weighted by molar-refractivity contribution is 5.80. The van der Waals surface area contributed by atoms with Crippen LogP contribution in [-0.4, -0.2) is 13.1 Å². The average Bonchev–Trinajstić information content (AvgIpc) is 2.98. The summed E-state index contributed by atoms with van der Waals surface area (Å²) >= 11 is 0. The number of esters is 1. The van der Waals surface area contributed by atoms with Crippen LogP contribution in [0.2, 0.25) is 0 Å². The second kappa shape index (κ2) is 7.31. The number of rotatable bonds is 4. The van der Waals surface area contributed by atoms with Gasteiger partial charge in [0.25, 0.3) is 0 Å². The fourth-order valence-corrected chi connectivity index (χ4v) is 2.70. The van der Waals surface area contributed by atoms with Crippen molar-refractivity contribution in [3.63, 3.8) is 0 Å². The van der Waals surface area contributed by atoms with Crippen molar-refractivity contribution in [3.8, 4) is 0 Å². The van der Waals surface area contributed by atoms with Crippen molar-refractivity contribution in [2.45, 2.75) is 45.4 Å². The van der Waals surface area contributed by atoms with E-state index >= 15 is 0 Å². The molecule has 0 aromatic rings. The number of ether oxygens (including phenoxy) is 1. The first-order valence-corrected chi connectivity index (χ1v) is 6.62. The molecular weight excluding hydrogens is 212 g/mol. The molecule has 2 nitrogen and oxygen atoms in total. The van der Waals surface area contributed by atoms with E-state index in [-0.39, 0.29) is 0 Å². The fraction of sp³-hybridized carbons (Fsp3) is 0.667. The van der Waals surface area contributed by atoms with E-state index in [1.807, 2.05) is 5.57 Å². The van der Waals surface area contributed by atoms with Crippen molar-refractivity contribution >= 4 is 5.97 Å². The third-order valence-electron chi connectivity index (χ3n) is 3.63. The summed E-state index contributed by atoms with van der Waals surface area (Å²) < 4.78 is 4.14. The van der Waals surface area contributed by atoms with Crippen LogP contribution in [-0.2, 0) is 9.53 Å². The van der Waals surface area contributed by atoms with Gasteiger partial charge >= 0.3 is 5.97 Å². The highest BCUT2D eigenvalue weighted by atomic mass is 16.5. The molecule has 0 aliphatic heterocycles. The number of methoxy groups -OCH3 is 1. The summed E-state index contributed by atoms with van der Waals surface area (Å²) in [6, 6.07) is 0. The maximum atomic E-state index is 9.84. The Hall–Kier alpha value is -1.05. The van der Waals surface area contributed by atoms with Crippen LogP contribution in [0, 0.1) is 11.8 Å². The summed E-state index contributed by atoms with van der Waals surface area (Å²) in [5, 5.41) is 0. The van der Waals surface area contributed by atoms with Gasteiger partial charge in [-0.2, -0.15) is 0 Å². The predicted molar refractivity (Wildman–Crippen MR) is 70.7 cm³/mol. The van der Waals surface area contributed by atoms with Crippen molar-refractivity contribution in [1.29, 1.82) is 0 Å². The average molecular weight is 236 g/mol. The summed E-state index contributed by atoms with van der Waals surface area (Å²) in [6.45, 7) is 5.44. The third kappa shape index (κ3) is 4.37. The van der Waals surface area contributed by atoms with Crippen LogP contribution in [0.25, 0.3) is 0 Å². The SMILES string of the molecule is C=CC(=O)OC.CCCCC1=CC2CCC1C2. The molecule has 0 amide bonds. The first kappa shape index (κ1) is 14.0. The van der Waals surface area contributed by atoms with Gasteiger partial charge in [-0.3, -0.25) is 0 Å². The summed E-state index contributed by atoms with van der Waals surface area (Å²) in [4.78, 5) is 9.84. The highest BCUT2D eigenvalue weighted by Gasteiger charge is 2.31. The van der Waals surface area contributed by atoms with Crippen molar-refractivity contribution in [2.75, 3.05) is 7.11 Å². The molecule has 2 rings (SSSR count). The maximum Gasteiger partial charge on any atom is 0.329 e. The van der Waals surface area contributed by atoms with Crippen molar-refractivity contribution in [1.82, 2.24) is 0 Å². The maximum absolute atomic E-state index is 9.84. The number of carbonyl (C=O) groups is 1. The Bertz CT molecular complexity index is 291. The Kier molecular flexibility index (Phi) is 6.03. The fourth-order valence-electron chi connectivity index (χ4n) is 2.70. The molecule has 0 aromatic heterocycles. The van der Waals surface area contributed by atoms with Crippen LogP contribution in [0.1, 0.15) is 45.4 Å². The number of fused-ring (bicyclic) bond motifs is 2. The highest BCUT2D eigenvalue weighted by Crippen LogP contribution is 2.45. The van der Waals surface area contributed by atoms with Crippen LogP contribution < -0.4 is 0 Å². The largest absolute Gasteiger partial charge is 0.466 e. The molecule has 2 unspecified atom stereocenters. The van der Waals surface area contributed by atoms with Gasteiger partial charge in [-0.1, -0.05) is 31.6 Å². The van der Waals surface area contributed by atoms with E-state index in [1.54, 1.807) is 0 Å². The lowest BCUT2D eigenvalue weighted by atomic mass is 9.94. The molecule has 1 saturated carbocycles. The van der Waals surface area contributed by atoms with Gasteiger partial charge in [-0.05, 0) is 43.9 Å². The zero-order valence-corrected chi connectivity index (χ0v) is 11.1. The van der Waals surface area contributed by atoms with E-state index in [0.29, 0.717) is 0 Å². The molecule has 0 heterocycles. The molecule has 17 heavy (non-hydrogen) atoms. The van der Waals surface area contributed by atoms with Gasteiger partial charge in [-0.25, -0.2) is 4.79 Å². The van der Waals surface area contributed by atoms with E-state index in [4.69, 9.17) is 0 Å². The third-order valence-corrected chi connectivity index (χ3v) is 3.63. The van der Waals surface area contributed by atoms with Gasteiger partial charge in [0.1, 0.15) is 0 Å². The monoisotopic (exact) mass is 236 g/mol. The first-order chi connectivity index (χ1) is 8.21. The number of carbonyl (C=O) groups excluding carboxylic acids is 1. The topological polar surface area (TPSA) is 26.3 Å². The van der Waals surface area contributed by atoms with Gasteiger partial charge in [-0.15, -0.1) is 0 Å². The normalized spacial score (nSPS) is 24.7. The standard InChI is InChI=1S/C11H18.C4H6O2/c1-2-3-4-10-7-9-5-6-11(10)8-9;1-3-4(5)6-2/h7,9,11H,2-6,8H2,1H3;3H,1H2,2H3. The number of unbranched alkanes of at least 4 members (excludes halogenated alkanes) is 1. The zero-order valence-electron chi connectivity index (χ0n) is 11.1. The predicted octanol–water partition coefficient (Wildman–Crippen LogP) is 3.88. The van der Waals surface area contributed by atoms with E-state index in [9.17, 15) is 4.79 Å². The van der Waals surface area contributed by atoms with Crippen LogP contribution in [0.4, 0.5) is 0 Å². The molecular formula is C15H24O2. The van der Waals surface area contributed by atoms with Gasteiger partial charge < -0.3 is 4.74 Å². The summed E-state index contributed by atoms with van der Waals surface area (Å²) in [6.07, 6.45) is 12.3. The Morgan fingerprint density at radius 3 is 2.71 bits per heavy atom. The van der Waals surface area contributed by atoms with Crippen molar-refractivity contribution in [3.05, 3.63) is 24.3 Å². The smallest absolute Gasteiger partial charge is 0.329 e. The van der Waals surface area contributed by atoms with E-state index < -0.39 is 5.97 Å². The second-order valence-corrected chi connectivity index (χ2v) is 4.84. The first-order valence-electron chi connectivity index (χ1n) is 6.62. The van der Waals surface area contributed by atoms with Gasteiger partial charge in [0.05, 0.1) is 7.11 Å². The molecule has 96 valence electrons. The van der Waals surface area contributed by atoms with Gasteiger partial charge in [0.15, 0.2) is 0 Å². The van der Waals surface area contributed by atoms with Gasteiger partial charge in [0, 0.05) is 6.08 Å². The van der Waals surface area contributed by atoms with Crippen molar-refractivity contribution < 1.29 is 9.53 Å². The molecule has 2 aliphatic rings. The molecule has 0 spiro atoms. The quantitative estimate of drug-likeness (QED) is 0.420. The van der Waals surface area contributed by atoms with Crippen LogP contribution in [0.15, 0.2) is 24.3 Å². The van der Waals surface area contributed by atoms with E-state index in [1.165, 1.54) is 45.6 Å². The molecule has 2 bridgehead atoms. The molecule has 2 atom stereocenters. The molecule has 2 aliphatic carbocycles. The Morgan fingerprint density at radius 2 is 2.35 bits per heavy atom. The molecule has 0 radical (unpaired) electrons. The Balaban J connectivity index is 0.000000209. The summed E-state index contributed by atoms with van der Waals surface area (Å²) in [7, 11) is 1.31. The lowest BCUT2D eigenvalue weighted by molar-refractivity contribution is -0.134. The van der Waals surface area contributed by atoms with E-state index in [2.05, 4.69) is 24.3 Å². The Labute approximate surface area is 105 Å². The molecule has 0 aromatic carbocycles. The van der Waals surface area contributed by atoms with E-state index in [0.717, 1.165) is 17.9 Å². The summed E-state index contributed by atoms with van der Waals surface area (Å²) in [5.41, 5.74) is 1.81.